The molecule has 2 amide bonds. The van der Waals surface area contributed by atoms with E-state index in [4.69, 9.17) is 8.83 Å². The summed E-state index contributed by atoms with van der Waals surface area (Å²) >= 11 is 0. The third kappa shape index (κ3) is 4.26. The van der Waals surface area contributed by atoms with E-state index in [1.54, 1.807) is 0 Å². The number of nitrogens with zero attached hydrogens (tertiary/aromatic N) is 2. The third-order valence-corrected chi connectivity index (χ3v) is 13.9. The molecule has 0 saturated carbocycles. The smallest absolute Gasteiger partial charge is 0.338 e. The molecule has 2 aromatic heterocycles. The van der Waals surface area contributed by atoms with Crippen LogP contribution in [0, 0.1) is 41.5 Å². The zero-order chi connectivity index (χ0) is 40.5. The molecule has 13 rings (SSSR count). The molecule has 0 radical (unpaired) electrons. The molecule has 284 valence electrons. The van der Waals surface area contributed by atoms with Crippen molar-refractivity contribution in [2.75, 3.05) is 9.80 Å². The Bertz CT molecular complexity index is 3350. The van der Waals surface area contributed by atoms with Gasteiger partial charge >= 0.3 is 6.03 Å². The monoisotopic (exact) mass is 772 g/mol. The highest BCUT2D eigenvalue weighted by molar-refractivity contribution is 7.00. The first-order valence-electron chi connectivity index (χ1n) is 20.9. The van der Waals surface area contributed by atoms with Gasteiger partial charge in [-0.25, -0.2) is 4.79 Å². The van der Waals surface area contributed by atoms with Crippen LogP contribution >= 0.6 is 0 Å². The number of benzene rings is 8. The van der Waals surface area contributed by atoms with E-state index >= 15 is 4.79 Å². The number of carbonyl (C=O) groups excluding carboxylic acids is 1. The van der Waals surface area contributed by atoms with Crippen LogP contribution in [0.1, 0.15) is 33.4 Å². The number of aryl methyl sites for hydroxylation is 6. The van der Waals surface area contributed by atoms with E-state index in [0.29, 0.717) is 0 Å². The normalized spacial score (nSPS) is 14.1. The summed E-state index contributed by atoms with van der Waals surface area (Å²) in [7, 11) is 0. The summed E-state index contributed by atoms with van der Waals surface area (Å²) in [6.07, 6.45) is 0. The Balaban J connectivity index is 1.20. The summed E-state index contributed by atoms with van der Waals surface area (Å²) in [5.41, 5.74) is 21.4. The molecule has 0 fully saturated rings. The highest BCUT2D eigenvalue weighted by Gasteiger charge is 2.49. The van der Waals surface area contributed by atoms with Gasteiger partial charge in [-0.1, -0.05) is 129 Å². The number of carbonyl (C=O) groups is 1. The number of rotatable bonds is 2. The van der Waals surface area contributed by atoms with Crippen molar-refractivity contribution in [3.8, 4) is 0 Å². The number of anilines is 4. The first kappa shape index (κ1) is 33.9. The molecule has 5 heterocycles. The molecule has 3 aliphatic heterocycles. The Morgan fingerprint density at radius 1 is 0.433 bits per heavy atom. The number of hydrogen-bond donors (Lipinski definition) is 0. The van der Waals surface area contributed by atoms with Crippen LogP contribution in [-0.2, 0) is 0 Å². The summed E-state index contributed by atoms with van der Waals surface area (Å²) in [6, 6.07) is 43.5. The average Bonchev–Trinajstić information content (AvgIpc) is 3.77. The second kappa shape index (κ2) is 11.6. The molecular weight excluding hydrogens is 734 g/mol. The van der Waals surface area contributed by atoms with Crippen LogP contribution in [0.5, 0.6) is 0 Å². The quantitative estimate of drug-likeness (QED) is 0.165. The highest BCUT2D eigenvalue weighted by Crippen LogP contribution is 2.49. The van der Waals surface area contributed by atoms with Crippen molar-refractivity contribution in [2.24, 2.45) is 0 Å². The minimum Gasteiger partial charge on any atom is -0.456 e. The number of urea groups is 1. The standard InChI is InChI=1S/C53H38B2N2O3/c1-27-19-29(3)49(30(4)20-27)54-38-17-15-33-16-18-39-52-48(33)51(38)56(42-23-36-34-11-7-9-13-44(34)59-46(36)25-40(42)54)53(58)57(52)43-24-37-35-12-8-10-14-45(35)60-47(37)26-41(43)55(39)50-31(5)21-28(2)22-32(50)6/h7-26H,1-6H3. The fourth-order valence-corrected chi connectivity index (χ4v) is 11.8. The SMILES string of the molecule is Cc1cc(C)c(B2c3cc4oc5ccccc5c4cc3N3C(=O)N4c5cc6c(cc5B(c5c(C)cc(C)cc5C)c5ccc7ccc2c3c7c54)oc2ccccc26)c(C)c1. The zero-order valence-electron chi connectivity index (χ0n) is 34.3. The van der Waals surface area contributed by atoms with Gasteiger partial charge in [0.05, 0.1) is 11.4 Å². The number of amides is 2. The van der Waals surface area contributed by atoms with Gasteiger partial charge in [-0.3, -0.25) is 9.80 Å². The van der Waals surface area contributed by atoms with Crippen LogP contribution in [0.3, 0.4) is 0 Å². The third-order valence-electron chi connectivity index (χ3n) is 13.9. The van der Waals surface area contributed by atoms with Gasteiger partial charge in [0.1, 0.15) is 22.3 Å². The lowest BCUT2D eigenvalue weighted by molar-refractivity contribution is 0.255. The lowest BCUT2D eigenvalue weighted by Gasteiger charge is -2.46. The van der Waals surface area contributed by atoms with Crippen molar-refractivity contribution in [1.82, 2.24) is 0 Å². The van der Waals surface area contributed by atoms with Crippen molar-refractivity contribution in [3.05, 3.63) is 155 Å². The van der Waals surface area contributed by atoms with Crippen LogP contribution in [0.4, 0.5) is 27.5 Å². The maximum absolute atomic E-state index is 16.2. The largest absolute Gasteiger partial charge is 0.456 e. The fraction of sp³-hybridized carbons (Fsp3) is 0.113. The Morgan fingerprint density at radius 3 is 1.28 bits per heavy atom. The lowest BCUT2D eigenvalue weighted by Crippen LogP contribution is -2.65. The fourth-order valence-electron chi connectivity index (χ4n) is 11.8. The minimum atomic E-state index is -0.130. The Labute approximate surface area is 348 Å². The lowest BCUT2D eigenvalue weighted by atomic mass is 9.32. The summed E-state index contributed by atoms with van der Waals surface area (Å²) in [5, 5.41) is 6.29. The maximum Gasteiger partial charge on any atom is 0.338 e. The van der Waals surface area contributed by atoms with Crippen LogP contribution in [0.2, 0.25) is 0 Å². The van der Waals surface area contributed by atoms with Crippen molar-refractivity contribution >= 4 is 130 Å². The second-order valence-corrected chi connectivity index (χ2v) is 17.6. The molecule has 10 aromatic rings. The molecule has 0 saturated heterocycles. The van der Waals surface area contributed by atoms with E-state index in [1.165, 1.54) is 44.3 Å². The summed E-state index contributed by atoms with van der Waals surface area (Å²) in [5.74, 6) is 0. The Kier molecular flexibility index (Phi) is 6.56. The van der Waals surface area contributed by atoms with E-state index < -0.39 is 0 Å². The Hall–Kier alpha value is -6.98. The van der Waals surface area contributed by atoms with Crippen molar-refractivity contribution < 1.29 is 13.6 Å². The van der Waals surface area contributed by atoms with Crippen LogP contribution < -0.4 is 42.6 Å². The first-order valence-corrected chi connectivity index (χ1v) is 20.9. The van der Waals surface area contributed by atoms with Crippen molar-refractivity contribution in [2.45, 2.75) is 41.5 Å². The van der Waals surface area contributed by atoms with Gasteiger partial charge in [0.15, 0.2) is 0 Å². The molecular formula is C53H38B2N2O3. The van der Waals surface area contributed by atoms with Gasteiger partial charge in [-0.2, -0.15) is 0 Å². The molecule has 0 spiro atoms. The molecule has 0 atom stereocenters. The predicted octanol–water partition coefficient (Wildman–Crippen LogP) is 9.56. The Morgan fingerprint density at radius 2 is 0.850 bits per heavy atom. The summed E-state index contributed by atoms with van der Waals surface area (Å²) in [4.78, 5) is 20.3. The van der Waals surface area contributed by atoms with Gasteiger partial charge in [0.2, 0.25) is 13.4 Å². The van der Waals surface area contributed by atoms with Gasteiger partial charge in [0, 0.05) is 38.3 Å². The highest BCUT2D eigenvalue weighted by atomic mass is 16.3. The number of fused-ring (bicyclic) bond motifs is 10. The van der Waals surface area contributed by atoms with Gasteiger partial charge in [-0.15, -0.1) is 0 Å². The summed E-state index contributed by atoms with van der Waals surface area (Å²) < 4.78 is 13.2. The molecule has 0 unspecified atom stereocenters. The zero-order valence-corrected chi connectivity index (χ0v) is 34.3. The predicted molar refractivity (Wildman–Crippen MR) is 252 cm³/mol. The van der Waals surface area contributed by atoms with Gasteiger partial charge in [-0.05, 0) is 105 Å². The van der Waals surface area contributed by atoms with Gasteiger partial charge < -0.3 is 8.83 Å². The first-order chi connectivity index (χ1) is 29.1. The maximum atomic E-state index is 16.2. The number of furan rings is 2. The van der Waals surface area contributed by atoms with E-state index in [0.717, 1.165) is 99.3 Å². The van der Waals surface area contributed by atoms with Gasteiger partial charge in [0.25, 0.3) is 0 Å². The minimum absolute atomic E-state index is 0.0860. The average molecular weight is 773 g/mol. The molecule has 5 nitrogen and oxygen atoms in total. The number of para-hydroxylation sites is 2. The molecule has 3 aliphatic rings. The molecule has 7 heteroatoms. The van der Waals surface area contributed by atoms with E-state index in [1.807, 2.05) is 34.1 Å². The summed E-state index contributed by atoms with van der Waals surface area (Å²) in [6.45, 7) is 13.0. The van der Waals surface area contributed by atoms with Crippen LogP contribution in [0.15, 0.2) is 130 Å². The molecule has 0 N–H and O–H groups in total. The topological polar surface area (TPSA) is 49.8 Å². The number of hydrogen-bond acceptors (Lipinski definition) is 3. The van der Waals surface area contributed by atoms with E-state index in [2.05, 4.69) is 139 Å². The van der Waals surface area contributed by atoms with E-state index in [9.17, 15) is 0 Å². The van der Waals surface area contributed by atoms with Crippen molar-refractivity contribution in [1.29, 1.82) is 0 Å². The molecule has 60 heavy (non-hydrogen) atoms. The van der Waals surface area contributed by atoms with E-state index in [-0.39, 0.29) is 19.5 Å². The molecule has 0 bridgehead atoms. The van der Waals surface area contributed by atoms with Crippen LogP contribution in [-0.4, -0.2) is 19.5 Å². The van der Waals surface area contributed by atoms with Crippen molar-refractivity contribution in [3.63, 3.8) is 0 Å². The molecule has 0 aliphatic carbocycles. The van der Waals surface area contributed by atoms with Crippen LogP contribution in [0.25, 0.3) is 54.6 Å². The second-order valence-electron chi connectivity index (χ2n) is 17.6. The molecule has 8 aromatic carbocycles.